The molecule has 0 saturated carbocycles. The minimum Gasteiger partial charge on any atom is -0.407 e. The van der Waals surface area contributed by atoms with Crippen LogP contribution >= 0.6 is 0 Å². The summed E-state index contributed by atoms with van der Waals surface area (Å²) >= 11 is 0. The van der Waals surface area contributed by atoms with Gasteiger partial charge in [0.1, 0.15) is 0 Å². The van der Waals surface area contributed by atoms with Crippen LogP contribution in [0.2, 0.25) is 0 Å². The lowest BCUT2D eigenvalue weighted by Gasteiger charge is -2.31. The zero-order chi connectivity index (χ0) is 13.8. The molecule has 0 bridgehead atoms. The van der Waals surface area contributed by atoms with Gasteiger partial charge in [-0.2, -0.15) is 0 Å². The Morgan fingerprint density at radius 1 is 1.32 bits per heavy atom. The van der Waals surface area contributed by atoms with Crippen LogP contribution in [0.3, 0.4) is 0 Å². The number of aromatic nitrogens is 2. The summed E-state index contributed by atoms with van der Waals surface area (Å²) in [5.74, 6) is 1.02. The number of rotatable bonds is 5. The van der Waals surface area contributed by atoms with E-state index in [1.54, 1.807) is 0 Å². The number of hydrogen-bond acceptors (Lipinski definition) is 6. The lowest BCUT2D eigenvalue weighted by Crippen LogP contribution is -2.37. The largest absolute Gasteiger partial charge is 0.407 e. The maximum atomic E-state index is 9.58. The van der Waals surface area contributed by atoms with Gasteiger partial charge < -0.3 is 19.7 Å². The van der Waals surface area contributed by atoms with Crippen LogP contribution in [-0.2, 0) is 6.54 Å². The summed E-state index contributed by atoms with van der Waals surface area (Å²) in [6, 6.07) is 1.00. The van der Waals surface area contributed by atoms with E-state index in [-0.39, 0.29) is 6.10 Å². The molecule has 108 valence electrons. The number of hydrogen-bond donors (Lipinski definition) is 2. The molecule has 19 heavy (non-hydrogen) atoms. The second-order valence-electron chi connectivity index (χ2n) is 5.58. The van der Waals surface area contributed by atoms with Crippen LogP contribution in [0.4, 0.5) is 6.01 Å². The summed E-state index contributed by atoms with van der Waals surface area (Å²) in [4.78, 5) is 2.10. The standard InChI is InChI=1S/C13H24N4O2/c1-9(2)14-8-12-15-16-13(19-12)17-6-4-11(5-7-17)10(3)18/h9-11,14,18H,4-8H2,1-3H3. The Morgan fingerprint density at radius 3 is 2.58 bits per heavy atom. The molecule has 1 aromatic heterocycles. The summed E-state index contributed by atoms with van der Waals surface area (Å²) < 4.78 is 5.65. The molecule has 2 rings (SSSR count). The highest BCUT2D eigenvalue weighted by Gasteiger charge is 2.25. The highest BCUT2D eigenvalue weighted by Crippen LogP contribution is 2.24. The first-order chi connectivity index (χ1) is 9.06. The third-order valence-corrected chi connectivity index (χ3v) is 3.61. The Kier molecular flexibility index (Phi) is 4.76. The molecule has 1 atom stereocenters. The summed E-state index contributed by atoms with van der Waals surface area (Å²) in [5.41, 5.74) is 0. The molecule has 2 heterocycles. The Bertz CT molecular complexity index is 384. The number of aliphatic hydroxyl groups is 1. The Labute approximate surface area is 114 Å². The minimum absolute atomic E-state index is 0.226. The second kappa shape index (κ2) is 6.34. The predicted octanol–water partition coefficient (Wildman–Crippen LogP) is 1.16. The first-order valence-corrected chi connectivity index (χ1v) is 7.05. The SMILES string of the molecule is CC(C)NCc1nnc(N2CCC(C(C)O)CC2)o1. The monoisotopic (exact) mass is 268 g/mol. The molecular weight excluding hydrogens is 244 g/mol. The predicted molar refractivity (Wildman–Crippen MR) is 72.9 cm³/mol. The van der Waals surface area contributed by atoms with Gasteiger partial charge in [-0.3, -0.25) is 0 Å². The molecule has 1 aliphatic heterocycles. The van der Waals surface area contributed by atoms with E-state index in [4.69, 9.17) is 4.42 Å². The number of anilines is 1. The molecule has 1 aromatic rings. The van der Waals surface area contributed by atoms with Gasteiger partial charge in [0.15, 0.2) is 0 Å². The number of nitrogens with one attached hydrogen (secondary N) is 1. The average molecular weight is 268 g/mol. The van der Waals surface area contributed by atoms with E-state index in [1.165, 1.54) is 0 Å². The zero-order valence-corrected chi connectivity index (χ0v) is 12.0. The molecule has 0 aromatic carbocycles. The first kappa shape index (κ1) is 14.3. The number of aliphatic hydroxyl groups excluding tert-OH is 1. The van der Waals surface area contributed by atoms with Crippen LogP contribution in [0.15, 0.2) is 4.42 Å². The van der Waals surface area contributed by atoms with Gasteiger partial charge in [-0.15, -0.1) is 5.10 Å². The number of nitrogens with zero attached hydrogens (tertiary/aromatic N) is 3. The molecule has 1 fully saturated rings. The summed E-state index contributed by atoms with van der Waals surface area (Å²) in [6.07, 6.45) is 1.72. The van der Waals surface area contributed by atoms with Gasteiger partial charge in [-0.25, -0.2) is 0 Å². The van der Waals surface area contributed by atoms with Crippen LogP contribution < -0.4 is 10.2 Å². The summed E-state index contributed by atoms with van der Waals surface area (Å²) in [5, 5.41) is 21.0. The van der Waals surface area contributed by atoms with Crippen molar-refractivity contribution in [2.24, 2.45) is 5.92 Å². The molecule has 1 unspecified atom stereocenters. The smallest absolute Gasteiger partial charge is 0.318 e. The average Bonchev–Trinajstić information content (AvgIpc) is 2.85. The van der Waals surface area contributed by atoms with Crippen LogP contribution in [-0.4, -0.2) is 40.5 Å². The van der Waals surface area contributed by atoms with Crippen molar-refractivity contribution in [2.75, 3.05) is 18.0 Å². The van der Waals surface area contributed by atoms with E-state index < -0.39 is 0 Å². The van der Waals surface area contributed by atoms with Crippen molar-refractivity contribution in [3.63, 3.8) is 0 Å². The molecule has 0 spiro atoms. The van der Waals surface area contributed by atoms with Crippen LogP contribution in [0.1, 0.15) is 39.5 Å². The van der Waals surface area contributed by atoms with Crippen molar-refractivity contribution < 1.29 is 9.52 Å². The third kappa shape index (κ3) is 3.91. The van der Waals surface area contributed by atoms with Crippen molar-refractivity contribution in [1.29, 1.82) is 0 Å². The molecule has 2 N–H and O–H groups in total. The molecule has 0 radical (unpaired) electrons. The van der Waals surface area contributed by atoms with Gasteiger partial charge in [0.2, 0.25) is 5.89 Å². The third-order valence-electron chi connectivity index (χ3n) is 3.61. The first-order valence-electron chi connectivity index (χ1n) is 7.05. The quantitative estimate of drug-likeness (QED) is 0.835. The van der Waals surface area contributed by atoms with Crippen molar-refractivity contribution in [1.82, 2.24) is 15.5 Å². The molecule has 1 saturated heterocycles. The summed E-state index contributed by atoms with van der Waals surface area (Å²) in [6.45, 7) is 8.37. The van der Waals surface area contributed by atoms with Gasteiger partial charge in [0.05, 0.1) is 12.6 Å². The van der Waals surface area contributed by atoms with Gasteiger partial charge in [0, 0.05) is 19.1 Å². The van der Waals surface area contributed by atoms with Gasteiger partial charge in [-0.05, 0) is 25.7 Å². The molecule has 0 amide bonds. The van der Waals surface area contributed by atoms with Crippen molar-refractivity contribution in [2.45, 2.75) is 52.3 Å². The van der Waals surface area contributed by atoms with E-state index in [0.29, 0.717) is 30.4 Å². The van der Waals surface area contributed by atoms with Crippen LogP contribution in [0, 0.1) is 5.92 Å². The second-order valence-corrected chi connectivity index (χ2v) is 5.58. The van der Waals surface area contributed by atoms with Crippen LogP contribution in [0.5, 0.6) is 0 Å². The maximum absolute atomic E-state index is 9.58. The molecular formula is C13H24N4O2. The fourth-order valence-corrected chi connectivity index (χ4v) is 2.31. The van der Waals surface area contributed by atoms with E-state index in [9.17, 15) is 5.11 Å². The van der Waals surface area contributed by atoms with Crippen LogP contribution in [0.25, 0.3) is 0 Å². The van der Waals surface area contributed by atoms with Gasteiger partial charge in [0.25, 0.3) is 0 Å². The highest BCUT2D eigenvalue weighted by atomic mass is 16.4. The van der Waals surface area contributed by atoms with E-state index in [2.05, 4.69) is 34.3 Å². The van der Waals surface area contributed by atoms with E-state index in [1.807, 2.05) is 6.92 Å². The molecule has 1 aliphatic rings. The zero-order valence-electron chi connectivity index (χ0n) is 12.0. The van der Waals surface area contributed by atoms with Gasteiger partial charge >= 0.3 is 6.01 Å². The van der Waals surface area contributed by atoms with E-state index in [0.717, 1.165) is 25.9 Å². The lowest BCUT2D eigenvalue weighted by molar-refractivity contribution is 0.109. The Hall–Kier alpha value is -1.14. The lowest BCUT2D eigenvalue weighted by atomic mass is 9.92. The van der Waals surface area contributed by atoms with Crippen molar-refractivity contribution in [3.05, 3.63) is 5.89 Å². The fourth-order valence-electron chi connectivity index (χ4n) is 2.31. The van der Waals surface area contributed by atoms with Gasteiger partial charge in [-0.1, -0.05) is 18.9 Å². The highest BCUT2D eigenvalue weighted by molar-refractivity contribution is 5.24. The van der Waals surface area contributed by atoms with Crippen molar-refractivity contribution in [3.8, 4) is 0 Å². The minimum atomic E-state index is -0.226. The van der Waals surface area contributed by atoms with E-state index >= 15 is 0 Å². The molecule has 6 heteroatoms. The summed E-state index contributed by atoms with van der Waals surface area (Å²) in [7, 11) is 0. The fraction of sp³-hybridized carbons (Fsp3) is 0.846. The normalized spacial score (nSPS) is 19.1. The Morgan fingerprint density at radius 2 is 2.00 bits per heavy atom. The molecule has 6 nitrogen and oxygen atoms in total. The molecule has 0 aliphatic carbocycles. The topological polar surface area (TPSA) is 74.4 Å². The Balaban J connectivity index is 1.86. The van der Waals surface area contributed by atoms with Crippen molar-refractivity contribution >= 4 is 6.01 Å². The maximum Gasteiger partial charge on any atom is 0.318 e. The number of piperidine rings is 1.